The van der Waals surface area contributed by atoms with Crippen LogP contribution in [0.1, 0.15) is 44.7 Å². The predicted molar refractivity (Wildman–Crippen MR) is 117 cm³/mol. The van der Waals surface area contributed by atoms with Crippen molar-refractivity contribution in [2.45, 2.75) is 32.1 Å². The van der Waals surface area contributed by atoms with E-state index < -0.39 is 0 Å². The second-order valence-corrected chi connectivity index (χ2v) is 9.33. The van der Waals surface area contributed by atoms with Gasteiger partial charge in [0.15, 0.2) is 5.13 Å². The van der Waals surface area contributed by atoms with Gasteiger partial charge in [-0.15, -0.1) is 22.7 Å². The number of carbonyl (C=O) groups is 2. The minimum atomic E-state index is -0.177. The average Bonchev–Trinajstić information content (AvgIpc) is 3.48. The van der Waals surface area contributed by atoms with Gasteiger partial charge in [0.1, 0.15) is 4.88 Å². The fraction of sp³-hybridized carbons (Fsp3) is 0.333. The average molecular weight is 441 g/mol. The molecule has 0 saturated carbocycles. The second kappa shape index (κ2) is 7.90. The van der Waals surface area contributed by atoms with Crippen LogP contribution in [0.4, 0.5) is 10.8 Å². The number of fused-ring (bicyclic) bond motifs is 1. The second-order valence-electron chi connectivity index (χ2n) is 7.44. The molecule has 1 unspecified atom stereocenters. The van der Waals surface area contributed by atoms with Crippen LogP contribution in [0.15, 0.2) is 23.6 Å². The lowest BCUT2D eigenvalue weighted by atomic mass is 9.99. The molecule has 0 bridgehead atoms. The molecule has 3 aromatic rings. The van der Waals surface area contributed by atoms with E-state index in [2.05, 4.69) is 26.7 Å². The van der Waals surface area contributed by atoms with Crippen molar-refractivity contribution in [1.82, 2.24) is 9.97 Å². The number of ether oxygens (including phenoxy) is 1. The molecule has 2 aliphatic heterocycles. The predicted octanol–water partition coefficient (Wildman–Crippen LogP) is 4.22. The van der Waals surface area contributed by atoms with Crippen molar-refractivity contribution in [3.8, 4) is 11.3 Å². The Labute approximate surface area is 181 Å². The Kier molecular flexibility index (Phi) is 5.10. The molecule has 0 aliphatic carbocycles. The van der Waals surface area contributed by atoms with Crippen LogP contribution in [0, 0.1) is 6.92 Å². The van der Waals surface area contributed by atoms with Crippen LogP contribution in [0.5, 0.6) is 0 Å². The summed E-state index contributed by atoms with van der Waals surface area (Å²) in [5, 5.41) is 9.25. The number of aryl methyl sites for hydroxylation is 2. The highest BCUT2D eigenvalue weighted by Crippen LogP contribution is 2.33. The Hall–Kier alpha value is -2.62. The van der Waals surface area contributed by atoms with Gasteiger partial charge in [0.2, 0.25) is 5.91 Å². The number of aromatic nitrogens is 2. The molecule has 0 radical (unpaired) electrons. The first-order valence-corrected chi connectivity index (χ1v) is 11.5. The highest BCUT2D eigenvalue weighted by Gasteiger charge is 2.25. The first-order valence-electron chi connectivity index (χ1n) is 9.82. The standard InChI is InChI=1S/C21H20N4O3S2/c1-11-18(30-20(22-11)14-6-7-28-9-14)19(27)25-21-24-16(10-29-21)13-2-4-15-12(8-13)3-5-17(26)23-15/h2,4,8,10,14H,3,5-7,9H2,1H3,(H,23,26)(H,24,25,27). The van der Waals surface area contributed by atoms with E-state index in [1.54, 1.807) is 0 Å². The number of hydrogen-bond acceptors (Lipinski definition) is 7. The summed E-state index contributed by atoms with van der Waals surface area (Å²) in [5.41, 5.74) is 4.49. The van der Waals surface area contributed by atoms with Crippen LogP contribution >= 0.6 is 22.7 Å². The molecule has 1 saturated heterocycles. The lowest BCUT2D eigenvalue weighted by Gasteiger charge is -2.17. The molecule has 30 heavy (non-hydrogen) atoms. The molecule has 5 rings (SSSR count). The Bertz CT molecular complexity index is 1130. The first kappa shape index (κ1) is 19.3. The van der Waals surface area contributed by atoms with E-state index in [0.29, 0.717) is 23.0 Å². The summed E-state index contributed by atoms with van der Waals surface area (Å²) >= 11 is 2.84. The lowest BCUT2D eigenvalue weighted by Crippen LogP contribution is -2.18. The monoisotopic (exact) mass is 440 g/mol. The van der Waals surface area contributed by atoms with Gasteiger partial charge in [0.25, 0.3) is 5.91 Å². The van der Waals surface area contributed by atoms with Crippen molar-refractivity contribution in [3.63, 3.8) is 0 Å². The summed E-state index contributed by atoms with van der Waals surface area (Å²) in [7, 11) is 0. The molecule has 0 spiro atoms. The van der Waals surface area contributed by atoms with E-state index in [9.17, 15) is 9.59 Å². The molecule has 154 valence electrons. The Morgan fingerprint density at radius 1 is 1.30 bits per heavy atom. The topological polar surface area (TPSA) is 93.2 Å². The van der Waals surface area contributed by atoms with Crippen molar-refractivity contribution in [1.29, 1.82) is 0 Å². The van der Waals surface area contributed by atoms with Crippen LogP contribution in [0.2, 0.25) is 0 Å². The summed E-state index contributed by atoms with van der Waals surface area (Å²) in [6.45, 7) is 3.29. The maximum absolute atomic E-state index is 12.8. The van der Waals surface area contributed by atoms with E-state index in [1.807, 2.05) is 24.4 Å². The fourth-order valence-electron chi connectivity index (χ4n) is 3.69. The summed E-state index contributed by atoms with van der Waals surface area (Å²) in [5.74, 6) is 0.163. The zero-order valence-electron chi connectivity index (χ0n) is 16.4. The highest BCUT2D eigenvalue weighted by atomic mass is 32.1. The van der Waals surface area contributed by atoms with E-state index in [4.69, 9.17) is 4.74 Å². The minimum absolute atomic E-state index is 0.0517. The number of rotatable bonds is 4. The molecule has 2 amide bonds. The van der Waals surface area contributed by atoms with E-state index in [0.717, 1.165) is 52.7 Å². The number of anilines is 2. The molecule has 1 atom stereocenters. The smallest absolute Gasteiger partial charge is 0.269 e. The van der Waals surface area contributed by atoms with Gasteiger partial charge in [-0.05, 0) is 37.5 Å². The molecule has 2 aliphatic rings. The molecule has 9 heteroatoms. The van der Waals surface area contributed by atoms with Gasteiger partial charge in [-0.1, -0.05) is 6.07 Å². The largest absolute Gasteiger partial charge is 0.381 e. The molecule has 2 N–H and O–H groups in total. The van der Waals surface area contributed by atoms with Crippen molar-refractivity contribution >= 4 is 45.3 Å². The van der Waals surface area contributed by atoms with Crippen LogP contribution in [-0.4, -0.2) is 35.0 Å². The maximum atomic E-state index is 12.8. The van der Waals surface area contributed by atoms with Gasteiger partial charge in [-0.3, -0.25) is 14.9 Å². The number of nitrogens with one attached hydrogen (secondary N) is 2. The summed E-state index contributed by atoms with van der Waals surface area (Å²) in [4.78, 5) is 34.1. The van der Waals surface area contributed by atoms with Crippen molar-refractivity contribution < 1.29 is 14.3 Å². The van der Waals surface area contributed by atoms with Crippen LogP contribution in [0.3, 0.4) is 0 Å². The molecule has 4 heterocycles. The zero-order valence-corrected chi connectivity index (χ0v) is 18.0. The quantitative estimate of drug-likeness (QED) is 0.634. The molecule has 7 nitrogen and oxygen atoms in total. The maximum Gasteiger partial charge on any atom is 0.269 e. The Balaban J connectivity index is 1.31. The van der Waals surface area contributed by atoms with E-state index in [-0.39, 0.29) is 17.7 Å². The third-order valence-corrected chi connectivity index (χ3v) is 7.40. The fourth-order valence-corrected chi connectivity index (χ4v) is 5.49. The third kappa shape index (κ3) is 3.76. The van der Waals surface area contributed by atoms with Gasteiger partial charge in [-0.25, -0.2) is 9.97 Å². The Morgan fingerprint density at radius 2 is 2.20 bits per heavy atom. The van der Waals surface area contributed by atoms with Crippen LogP contribution in [-0.2, 0) is 16.0 Å². The summed E-state index contributed by atoms with van der Waals surface area (Å²) in [6, 6.07) is 5.90. The summed E-state index contributed by atoms with van der Waals surface area (Å²) < 4.78 is 5.44. The number of nitrogens with zero attached hydrogens (tertiary/aromatic N) is 2. The van der Waals surface area contributed by atoms with Gasteiger partial charge in [-0.2, -0.15) is 0 Å². The van der Waals surface area contributed by atoms with Gasteiger partial charge < -0.3 is 10.1 Å². The molecular formula is C21H20N4O3S2. The van der Waals surface area contributed by atoms with Gasteiger partial charge in [0, 0.05) is 35.6 Å². The first-order chi connectivity index (χ1) is 14.6. The summed E-state index contributed by atoms with van der Waals surface area (Å²) in [6.07, 6.45) is 2.17. The normalized spacial score (nSPS) is 18.2. The number of carbonyl (C=O) groups excluding carboxylic acids is 2. The van der Waals surface area contributed by atoms with Crippen molar-refractivity contribution in [2.24, 2.45) is 0 Å². The zero-order chi connectivity index (χ0) is 20.7. The van der Waals surface area contributed by atoms with Gasteiger partial charge >= 0.3 is 0 Å². The van der Waals surface area contributed by atoms with Crippen LogP contribution < -0.4 is 10.6 Å². The Morgan fingerprint density at radius 3 is 3.03 bits per heavy atom. The third-order valence-electron chi connectivity index (χ3n) is 5.32. The van der Waals surface area contributed by atoms with E-state index >= 15 is 0 Å². The van der Waals surface area contributed by atoms with Crippen molar-refractivity contribution in [2.75, 3.05) is 23.8 Å². The number of amides is 2. The molecular weight excluding hydrogens is 420 g/mol. The number of thiazole rings is 2. The van der Waals surface area contributed by atoms with E-state index in [1.165, 1.54) is 22.7 Å². The number of benzene rings is 1. The van der Waals surface area contributed by atoms with Gasteiger partial charge in [0.05, 0.1) is 23.0 Å². The number of hydrogen-bond donors (Lipinski definition) is 2. The molecule has 1 fully saturated rings. The van der Waals surface area contributed by atoms with Crippen LogP contribution in [0.25, 0.3) is 11.3 Å². The minimum Gasteiger partial charge on any atom is -0.381 e. The highest BCUT2D eigenvalue weighted by molar-refractivity contribution is 7.15. The SMILES string of the molecule is Cc1nc(C2CCOC2)sc1C(=O)Nc1nc(-c2ccc3c(c2)CCC(=O)N3)cs1. The van der Waals surface area contributed by atoms with Crippen molar-refractivity contribution in [3.05, 3.63) is 44.7 Å². The lowest BCUT2D eigenvalue weighted by molar-refractivity contribution is -0.116. The molecule has 1 aromatic carbocycles. The molecule has 2 aromatic heterocycles.